The summed E-state index contributed by atoms with van der Waals surface area (Å²) in [6, 6.07) is 6.59. The Kier molecular flexibility index (Phi) is 6.72. The number of nitrogens with zero attached hydrogens (tertiary/aromatic N) is 6. The molecule has 6 unspecified atom stereocenters. The van der Waals surface area contributed by atoms with Gasteiger partial charge in [-0.2, -0.15) is 23.4 Å². The highest BCUT2D eigenvalue weighted by molar-refractivity contribution is 5.77. The predicted molar refractivity (Wildman–Crippen MR) is 130 cm³/mol. The first-order chi connectivity index (χ1) is 18.1. The highest BCUT2D eigenvalue weighted by atomic mass is 19.4. The van der Waals surface area contributed by atoms with Crippen LogP contribution in [0, 0.1) is 18.3 Å². The van der Waals surface area contributed by atoms with Crippen LogP contribution in [0.2, 0.25) is 0 Å². The van der Waals surface area contributed by atoms with Gasteiger partial charge in [-0.15, -0.1) is 4.80 Å². The van der Waals surface area contributed by atoms with Gasteiger partial charge in [0.1, 0.15) is 17.5 Å². The van der Waals surface area contributed by atoms with E-state index in [1.165, 1.54) is 17.3 Å². The largest absolute Gasteiger partial charge is 0.473 e. The van der Waals surface area contributed by atoms with Gasteiger partial charge in [0.25, 0.3) is 0 Å². The molecule has 4 heterocycles. The predicted octanol–water partition coefficient (Wildman–Crippen LogP) is 3.76. The van der Waals surface area contributed by atoms with E-state index < -0.39 is 11.7 Å². The van der Waals surface area contributed by atoms with E-state index in [-0.39, 0.29) is 18.1 Å². The molecule has 1 spiro atoms. The maximum absolute atomic E-state index is 12.6. The number of hydrogen-bond donors (Lipinski definition) is 0. The Balaban J connectivity index is 0.000000179. The summed E-state index contributed by atoms with van der Waals surface area (Å²) in [5, 5.41) is 7.86. The summed E-state index contributed by atoms with van der Waals surface area (Å²) in [4.78, 5) is 22.4. The summed E-state index contributed by atoms with van der Waals surface area (Å²) in [5.74, 6) is 0.902. The molecule has 3 aromatic heterocycles. The topological polar surface area (TPSA) is 95.3 Å². The third-order valence-electron chi connectivity index (χ3n) is 8.00. The molecule has 2 saturated carbocycles. The summed E-state index contributed by atoms with van der Waals surface area (Å²) in [7, 11) is 3.82. The molecule has 0 amide bonds. The molecular formula is C26H29F3N6O3. The molecule has 38 heavy (non-hydrogen) atoms. The van der Waals surface area contributed by atoms with Crippen LogP contribution in [0.5, 0.6) is 5.88 Å². The lowest BCUT2D eigenvalue weighted by molar-refractivity contribution is -0.137. The van der Waals surface area contributed by atoms with Crippen LogP contribution in [-0.4, -0.2) is 74.6 Å². The van der Waals surface area contributed by atoms with Crippen LogP contribution in [-0.2, 0) is 10.9 Å². The molecule has 0 aromatic carbocycles. The number of likely N-dealkylation sites (N-methyl/N-ethyl adjacent to an activating group) is 1. The minimum absolute atomic E-state index is 0.0155. The number of aromatic nitrogens is 5. The zero-order valence-electron chi connectivity index (χ0n) is 21.5. The smallest absolute Gasteiger partial charge is 0.417 e. The molecule has 2 aliphatic carbocycles. The monoisotopic (exact) mass is 530 g/mol. The van der Waals surface area contributed by atoms with Gasteiger partial charge in [-0.3, -0.25) is 9.69 Å². The Morgan fingerprint density at radius 1 is 1.16 bits per heavy atom. The Morgan fingerprint density at radius 3 is 2.50 bits per heavy atom. The minimum Gasteiger partial charge on any atom is -0.473 e. The second-order valence-electron chi connectivity index (χ2n) is 10.1. The van der Waals surface area contributed by atoms with Gasteiger partial charge < -0.3 is 9.47 Å². The fraction of sp³-hybridized carbons (Fsp3) is 0.500. The van der Waals surface area contributed by atoms with Gasteiger partial charge in [-0.25, -0.2) is 9.97 Å². The van der Waals surface area contributed by atoms with Crippen LogP contribution in [0.1, 0.15) is 41.5 Å². The lowest BCUT2D eigenvalue weighted by Gasteiger charge is -2.47. The fourth-order valence-electron chi connectivity index (χ4n) is 6.18. The number of hydrogen-bond acceptors (Lipinski definition) is 8. The van der Waals surface area contributed by atoms with Crippen LogP contribution in [0.3, 0.4) is 0 Å². The number of carbonyl (C=O) groups is 1. The van der Waals surface area contributed by atoms with Crippen molar-refractivity contribution >= 4 is 6.29 Å². The molecule has 3 fully saturated rings. The van der Waals surface area contributed by atoms with Crippen molar-refractivity contribution in [1.29, 1.82) is 0 Å². The van der Waals surface area contributed by atoms with Gasteiger partial charge in [-0.1, -0.05) is 0 Å². The molecule has 0 radical (unpaired) electrons. The summed E-state index contributed by atoms with van der Waals surface area (Å²) in [6.07, 6.45) is 2.55. The first-order valence-corrected chi connectivity index (χ1v) is 12.3. The average molecular weight is 531 g/mol. The fourth-order valence-corrected chi connectivity index (χ4v) is 6.18. The number of rotatable bonds is 6. The van der Waals surface area contributed by atoms with E-state index in [0.717, 1.165) is 24.4 Å². The van der Waals surface area contributed by atoms with Crippen molar-refractivity contribution in [3.8, 4) is 11.6 Å². The van der Waals surface area contributed by atoms with Crippen molar-refractivity contribution < 1.29 is 27.4 Å². The molecular weight excluding hydrogens is 501 g/mol. The molecule has 6 atom stereocenters. The van der Waals surface area contributed by atoms with Crippen LogP contribution in [0.15, 0.2) is 42.9 Å². The minimum atomic E-state index is -4.37. The quantitative estimate of drug-likeness (QED) is 0.445. The van der Waals surface area contributed by atoms with Crippen LogP contribution in [0.25, 0.3) is 5.69 Å². The van der Waals surface area contributed by atoms with Crippen molar-refractivity contribution in [2.45, 2.75) is 57.2 Å². The van der Waals surface area contributed by atoms with Crippen LogP contribution >= 0.6 is 0 Å². The highest BCUT2D eigenvalue weighted by Crippen LogP contribution is 2.74. The van der Waals surface area contributed by atoms with E-state index in [1.807, 2.05) is 13.0 Å². The zero-order chi connectivity index (χ0) is 27.2. The molecule has 202 valence electrons. The Hall–Kier alpha value is -3.38. The third kappa shape index (κ3) is 4.55. The Morgan fingerprint density at radius 2 is 1.89 bits per heavy atom. The van der Waals surface area contributed by atoms with Gasteiger partial charge in [0.2, 0.25) is 5.88 Å². The number of halogens is 3. The average Bonchev–Trinajstić information content (AvgIpc) is 3.28. The van der Waals surface area contributed by atoms with Crippen LogP contribution < -0.4 is 4.74 Å². The second-order valence-corrected chi connectivity index (χ2v) is 10.1. The van der Waals surface area contributed by atoms with Gasteiger partial charge in [0.15, 0.2) is 6.29 Å². The van der Waals surface area contributed by atoms with E-state index in [2.05, 4.69) is 39.0 Å². The number of pyridine rings is 2. The number of methoxy groups -OCH3 is 1. The number of alkyl halides is 3. The summed E-state index contributed by atoms with van der Waals surface area (Å²) in [5.41, 5.74) is 1.30. The summed E-state index contributed by atoms with van der Waals surface area (Å²) < 4.78 is 49.2. The Labute approximate surface area is 218 Å². The SMILES string of the molecule is COC(C)C1C2CC23CC(Oc2ccc(C(F)(F)F)cn2)C3N1C.Cc1ccc(-n2nccn2)c(C=O)n1. The lowest BCUT2D eigenvalue weighted by Crippen LogP contribution is -2.58. The van der Waals surface area contributed by atoms with Gasteiger partial charge in [0, 0.05) is 31.1 Å². The molecule has 6 rings (SSSR count). The molecule has 0 N–H and O–H groups in total. The van der Waals surface area contributed by atoms with Gasteiger partial charge >= 0.3 is 6.18 Å². The molecule has 1 saturated heterocycles. The van der Waals surface area contributed by atoms with Crippen molar-refractivity contribution in [3.63, 3.8) is 0 Å². The molecule has 9 nitrogen and oxygen atoms in total. The van der Waals surface area contributed by atoms with Crippen molar-refractivity contribution in [3.05, 3.63) is 59.8 Å². The number of piperidine rings is 1. The van der Waals surface area contributed by atoms with E-state index in [9.17, 15) is 18.0 Å². The maximum atomic E-state index is 12.6. The number of ether oxygens (including phenoxy) is 2. The normalized spacial score (nSPS) is 28.3. The number of likely N-dealkylation sites (tertiary alicyclic amines) is 1. The maximum Gasteiger partial charge on any atom is 0.417 e. The number of aldehydes is 1. The van der Waals surface area contributed by atoms with Crippen molar-refractivity contribution in [2.24, 2.45) is 11.3 Å². The first kappa shape index (κ1) is 26.2. The molecule has 12 heteroatoms. The van der Waals surface area contributed by atoms with Crippen LogP contribution in [0.4, 0.5) is 13.2 Å². The molecule has 3 aromatic rings. The van der Waals surface area contributed by atoms with Crippen molar-refractivity contribution in [1.82, 2.24) is 29.9 Å². The lowest BCUT2D eigenvalue weighted by atomic mass is 9.73. The highest BCUT2D eigenvalue weighted by Gasteiger charge is 2.78. The van der Waals surface area contributed by atoms with Crippen molar-refractivity contribution in [2.75, 3.05) is 14.2 Å². The standard InChI is InChI=1S/C17H21F3N2O2.C9H8N4O/c1-9(23-3)14-11-6-16(11)7-12(15(16)22(14)2)24-13-5-4-10(8-21-13)17(18,19)20;1-7-2-3-9(8(6-14)12-7)13-10-4-5-11-13/h4-5,8-9,11-12,14-15H,6-7H2,1-3H3;2-6H,1H3. The zero-order valence-corrected chi connectivity index (χ0v) is 21.5. The Bertz CT molecular complexity index is 1290. The number of aryl methyl sites for hydroxylation is 1. The second kappa shape index (κ2) is 9.73. The molecule has 3 aliphatic rings. The van der Waals surface area contributed by atoms with E-state index in [1.54, 1.807) is 25.6 Å². The number of carbonyl (C=O) groups excluding carboxylic acids is 1. The molecule has 0 bridgehead atoms. The van der Waals surface area contributed by atoms with E-state index >= 15 is 0 Å². The summed E-state index contributed by atoms with van der Waals surface area (Å²) in [6.45, 7) is 3.92. The third-order valence-corrected chi connectivity index (χ3v) is 8.00. The first-order valence-electron chi connectivity index (χ1n) is 12.3. The van der Waals surface area contributed by atoms with Gasteiger partial charge in [-0.05, 0) is 63.3 Å². The van der Waals surface area contributed by atoms with Gasteiger partial charge in [0.05, 0.1) is 30.1 Å². The van der Waals surface area contributed by atoms with E-state index in [4.69, 9.17) is 9.47 Å². The summed E-state index contributed by atoms with van der Waals surface area (Å²) >= 11 is 0. The molecule has 1 aliphatic heterocycles. The van der Waals surface area contributed by atoms with E-state index in [0.29, 0.717) is 41.1 Å².